The first-order valence-electron chi connectivity index (χ1n) is 6.02. The Labute approximate surface area is 135 Å². The first-order valence-corrected chi connectivity index (χ1v) is 7.16. The van der Waals surface area contributed by atoms with Crippen molar-refractivity contribution in [1.29, 1.82) is 0 Å². The lowest BCUT2D eigenvalue weighted by Gasteiger charge is -2.04. The highest BCUT2D eigenvalue weighted by Crippen LogP contribution is 2.32. The molecular formula is C15H9Cl3N2O. The number of aromatic amines is 1. The van der Waals surface area contributed by atoms with E-state index in [0.717, 1.165) is 0 Å². The van der Waals surface area contributed by atoms with Gasteiger partial charge in [0.15, 0.2) is 5.78 Å². The van der Waals surface area contributed by atoms with Crippen molar-refractivity contribution < 1.29 is 4.79 Å². The van der Waals surface area contributed by atoms with E-state index < -0.39 is 0 Å². The Balaban J connectivity index is 2.18. The number of aromatic nitrogens is 1. The molecule has 1 heterocycles. The quantitative estimate of drug-likeness (QED) is 0.513. The normalized spacial score (nSPS) is 11.0. The number of carbonyl (C=O) groups excluding carboxylic acids is 1. The fraction of sp³-hybridized carbons (Fsp3) is 0. The predicted molar refractivity (Wildman–Crippen MR) is 87.6 cm³/mol. The number of nitrogens with two attached hydrogens (primary N) is 1. The molecule has 6 heteroatoms. The van der Waals surface area contributed by atoms with Crippen molar-refractivity contribution in [1.82, 2.24) is 4.98 Å². The van der Waals surface area contributed by atoms with Crippen molar-refractivity contribution >= 4 is 57.2 Å². The number of hydrogen-bond acceptors (Lipinski definition) is 2. The van der Waals surface area contributed by atoms with E-state index in [4.69, 9.17) is 40.5 Å². The summed E-state index contributed by atoms with van der Waals surface area (Å²) >= 11 is 18.1. The van der Waals surface area contributed by atoms with E-state index in [0.29, 0.717) is 42.8 Å². The number of rotatable bonds is 2. The minimum Gasteiger partial charge on any atom is -0.399 e. The summed E-state index contributed by atoms with van der Waals surface area (Å²) in [5.41, 5.74) is 7.72. The summed E-state index contributed by atoms with van der Waals surface area (Å²) in [7, 11) is 0. The van der Waals surface area contributed by atoms with Crippen molar-refractivity contribution in [3.8, 4) is 0 Å². The molecule has 0 saturated heterocycles. The zero-order valence-electron chi connectivity index (χ0n) is 10.6. The highest BCUT2D eigenvalue weighted by Gasteiger charge is 2.17. The summed E-state index contributed by atoms with van der Waals surface area (Å²) in [6.07, 6.45) is 1.60. The minimum atomic E-state index is -0.209. The molecule has 0 aliphatic heterocycles. The molecule has 106 valence electrons. The van der Waals surface area contributed by atoms with Crippen molar-refractivity contribution in [2.24, 2.45) is 0 Å². The van der Waals surface area contributed by atoms with Gasteiger partial charge in [-0.2, -0.15) is 0 Å². The molecule has 0 spiro atoms. The van der Waals surface area contributed by atoms with E-state index in [1.54, 1.807) is 36.5 Å². The molecule has 0 fully saturated rings. The summed E-state index contributed by atoms with van der Waals surface area (Å²) in [5.74, 6) is -0.209. The molecule has 0 radical (unpaired) electrons. The van der Waals surface area contributed by atoms with Crippen LogP contribution in [0.5, 0.6) is 0 Å². The number of benzene rings is 2. The Morgan fingerprint density at radius 2 is 1.71 bits per heavy atom. The summed E-state index contributed by atoms with van der Waals surface area (Å²) in [6.45, 7) is 0. The number of halogens is 3. The van der Waals surface area contributed by atoms with Crippen LogP contribution in [0.1, 0.15) is 15.9 Å². The smallest absolute Gasteiger partial charge is 0.195 e. The maximum Gasteiger partial charge on any atom is 0.195 e. The SMILES string of the molecule is Nc1cc(Cl)cc(C(=O)c2c[nH]c3cc(Cl)cc(Cl)c23)c1. The molecule has 0 amide bonds. The van der Waals surface area contributed by atoms with Gasteiger partial charge in [-0.05, 0) is 30.3 Å². The van der Waals surface area contributed by atoms with Gasteiger partial charge in [0.25, 0.3) is 0 Å². The van der Waals surface area contributed by atoms with Crippen LogP contribution in [0.4, 0.5) is 5.69 Å². The maximum absolute atomic E-state index is 12.6. The highest BCUT2D eigenvalue weighted by atomic mass is 35.5. The first-order chi connectivity index (χ1) is 9.95. The molecule has 0 aliphatic rings. The number of carbonyl (C=O) groups is 1. The van der Waals surface area contributed by atoms with Crippen LogP contribution in [-0.4, -0.2) is 10.8 Å². The molecule has 3 rings (SSSR count). The maximum atomic E-state index is 12.6. The second-order valence-corrected chi connectivity index (χ2v) is 5.89. The van der Waals surface area contributed by atoms with Gasteiger partial charge in [0, 0.05) is 44.0 Å². The van der Waals surface area contributed by atoms with Gasteiger partial charge in [0.05, 0.1) is 5.02 Å². The topological polar surface area (TPSA) is 58.9 Å². The lowest BCUT2D eigenvalue weighted by molar-refractivity contribution is 0.104. The van der Waals surface area contributed by atoms with E-state index in [2.05, 4.69) is 4.98 Å². The monoisotopic (exact) mass is 338 g/mol. The number of nitrogens with one attached hydrogen (secondary N) is 1. The fourth-order valence-corrected chi connectivity index (χ4v) is 3.10. The van der Waals surface area contributed by atoms with Crippen LogP contribution in [0.25, 0.3) is 10.9 Å². The van der Waals surface area contributed by atoms with E-state index >= 15 is 0 Å². The molecule has 21 heavy (non-hydrogen) atoms. The summed E-state index contributed by atoms with van der Waals surface area (Å²) < 4.78 is 0. The van der Waals surface area contributed by atoms with Gasteiger partial charge in [-0.1, -0.05) is 34.8 Å². The van der Waals surface area contributed by atoms with Crippen molar-refractivity contribution in [3.05, 3.63) is 62.7 Å². The lowest BCUT2D eigenvalue weighted by atomic mass is 10.0. The molecule has 2 aromatic carbocycles. The van der Waals surface area contributed by atoms with Crippen LogP contribution in [0, 0.1) is 0 Å². The standard InChI is InChI=1S/C15H9Cl3N2O/c16-8-1-7(2-10(19)3-8)15(21)11-6-20-13-5-9(17)4-12(18)14(11)13/h1-6,20H,19H2. The molecule has 0 bridgehead atoms. The second kappa shape index (κ2) is 5.26. The Kier molecular flexibility index (Phi) is 3.57. The van der Waals surface area contributed by atoms with Gasteiger partial charge < -0.3 is 10.7 Å². The number of anilines is 1. The van der Waals surface area contributed by atoms with Gasteiger partial charge >= 0.3 is 0 Å². The average Bonchev–Trinajstić information content (AvgIpc) is 2.80. The molecule has 0 aliphatic carbocycles. The summed E-state index contributed by atoms with van der Waals surface area (Å²) in [6, 6.07) is 8.05. The predicted octanol–water partition coefficient (Wildman–Crippen LogP) is 4.94. The third-order valence-corrected chi connectivity index (χ3v) is 3.86. The van der Waals surface area contributed by atoms with E-state index in [1.807, 2.05) is 0 Å². The van der Waals surface area contributed by atoms with E-state index in [1.165, 1.54) is 0 Å². The minimum absolute atomic E-state index is 0.209. The zero-order valence-corrected chi connectivity index (χ0v) is 12.9. The van der Waals surface area contributed by atoms with Crippen LogP contribution in [0.3, 0.4) is 0 Å². The van der Waals surface area contributed by atoms with Crippen LogP contribution in [0.2, 0.25) is 15.1 Å². The number of hydrogen-bond donors (Lipinski definition) is 2. The average molecular weight is 340 g/mol. The molecular weight excluding hydrogens is 331 g/mol. The Bertz CT molecular complexity index is 850. The van der Waals surface area contributed by atoms with Gasteiger partial charge in [0.2, 0.25) is 0 Å². The molecule has 3 nitrogen and oxygen atoms in total. The van der Waals surface area contributed by atoms with Gasteiger partial charge in [-0.3, -0.25) is 4.79 Å². The van der Waals surface area contributed by atoms with Crippen molar-refractivity contribution in [3.63, 3.8) is 0 Å². The highest BCUT2D eigenvalue weighted by molar-refractivity contribution is 6.40. The van der Waals surface area contributed by atoms with Crippen molar-refractivity contribution in [2.75, 3.05) is 5.73 Å². The van der Waals surface area contributed by atoms with Crippen LogP contribution >= 0.6 is 34.8 Å². The van der Waals surface area contributed by atoms with Gasteiger partial charge in [-0.25, -0.2) is 0 Å². The Hall–Kier alpha value is -1.68. The first kappa shape index (κ1) is 14.3. The van der Waals surface area contributed by atoms with E-state index in [-0.39, 0.29) is 5.78 Å². The number of H-pyrrole nitrogens is 1. The lowest BCUT2D eigenvalue weighted by Crippen LogP contribution is -2.01. The fourth-order valence-electron chi connectivity index (χ4n) is 2.26. The van der Waals surface area contributed by atoms with Crippen molar-refractivity contribution in [2.45, 2.75) is 0 Å². The second-order valence-electron chi connectivity index (χ2n) is 4.61. The number of nitrogen functional groups attached to an aromatic ring is 1. The largest absolute Gasteiger partial charge is 0.399 e. The van der Waals surface area contributed by atoms with Gasteiger partial charge in [-0.15, -0.1) is 0 Å². The Morgan fingerprint density at radius 1 is 1.00 bits per heavy atom. The van der Waals surface area contributed by atoms with Crippen LogP contribution in [-0.2, 0) is 0 Å². The van der Waals surface area contributed by atoms with Crippen LogP contribution < -0.4 is 5.73 Å². The number of ketones is 1. The summed E-state index contributed by atoms with van der Waals surface area (Å²) in [5, 5.41) is 1.95. The third-order valence-electron chi connectivity index (χ3n) is 3.12. The van der Waals surface area contributed by atoms with Gasteiger partial charge in [0.1, 0.15) is 0 Å². The Morgan fingerprint density at radius 3 is 2.43 bits per heavy atom. The van der Waals surface area contributed by atoms with Crippen LogP contribution in [0.15, 0.2) is 36.5 Å². The molecule has 0 unspecified atom stereocenters. The number of fused-ring (bicyclic) bond motifs is 1. The zero-order chi connectivity index (χ0) is 15.1. The third kappa shape index (κ3) is 2.60. The summed E-state index contributed by atoms with van der Waals surface area (Å²) in [4.78, 5) is 15.6. The molecule has 0 atom stereocenters. The molecule has 0 saturated carbocycles. The molecule has 1 aromatic heterocycles. The molecule has 3 N–H and O–H groups in total. The van der Waals surface area contributed by atoms with E-state index in [9.17, 15) is 4.79 Å². The molecule has 3 aromatic rings.